The van der Waals surface area contributed by atoms with Crippen molar-refractivity contribution in [1.29, 1.82) is 0 Å². The van der Waals surface area contributed by atoms with Gasteiger partial charge in [-0.15, -0.1) is 5.10 Å². The summed E-state index contributed by atoms with van der Waals surface area (Å²) < 4.78 is 3.65. The highest BCUT2D eigenvalue weighted by Gasteiger charge is 2.14. The molecular weight excluding hydrogens is 256 g/mol. The van der Waals surface area contributed by atoms with Crippen molar-refractivity contribution in [3.63, 3.8) is 0 Å². The molecule has 8 heteroatoms. The summed E-state index contributed by atoms with van der Waals surface area (Å²) in [5.41, 5.74) is 0.847. The van der Waals surface area contributed by atoms with Crippen LogP contribution in [0.5, 0.6) is 0 Å². The van der Waals surface area contributed by atoms with Crippen molar-refractivity contribution in [2.75, 3.05) is 5.32 Å². The zero-order chi connectivity index (χ0) is 13.1. The van der Waals surface area contributed by atoms with Crippen molar-refractivity contribution >= 4 is 29.1 Å². The van der Waals surface area contributed by atoms with E-state index in [1.54, 1.807) is 6.92 Å². The zero-order valence-corrected chi connectivity index (χ0v) is 10.1. The van der Waals surface area contributed by atoms with Crippen LogP contribution in [0, 0.1) is 6.92 Å². The standard InChI is InChI=1S/C10H8N4O3S/c1-5-8(18-14-13-5)9(15)12-7-2-6(10(16)17)3-11-4-7/h2-4H,1H3,(H,12,15)(H,16,17). The quantitative estimate of drug-likeness (QED) is 0.862. The van der Waals surface area contributed by atoms with Crippen LogP contribution >= 0.6 is 11.5 Å². The van der Waals surface area contributed by atoms with Crippen molar-refractivity contribution in [2.45, 2.75) is 6.92 Å². The Kier molecular flexibility index (Phi) is 3.28. The first-order valence-electron chi connectivity index (χ1n) is 4.86. The lowest BCUT2D eigenvalue weighted by atomic mass is 10.2. The second kappa shape index (κ2) is 4.88. The highest BCUT2D eigenvalue weighted by atomic mass is 32.1. The lowest BCUT2D eigenvalue weighted by Gasteiger charge is -2.03. The number of carbonyl (C=O) groups is 2. The zero-order valence-electron chi connectivity index (χ0n) is 9.25. The molecule has 2 aromatic rings. The summed E-state index contributed by atoms with van der Waals surface area (Å²) in [7, 11) is 0. The molecule has 0 bridgehead atoms. The Morgan fingerprint density at radius 1 is 1.39 bits per heavy atom. The monoisotopic (exact) mass is 264 g/mol. The van der Waals surface area contributed by atoms with Gasteiger partial charge in [-0.05, 0) is 24.5 Å². The number of amides is 1. The molecule has 0 saturated carbocycles. The fraction of sp³-hybridized carbons (Fsp3) is 0.100. The Morgan fingerprint density at radius 3 is 2.78 bits per heavy atom. The number of aromatic carboxylic acids is 1. The predicted octanol–water partition coefficient (Wildman–Crippen LogP) is 1.19. The number of rotatable bonds is 3. The summed E-state index contributed by atoms with van der Waals surface area (Å²) in [6.07, 6.45) is 2.58. The molecule has 7 nitrogen and oxygen atoms in total. The van der Waals surface area contributed by atoms with Crippen molar-refractivity contribution in [2.24, 2.45) is 0 Å². The fourth-order valence-electron chi connectivity index (χ4n) is 1.25. The lowest BCUT2D eigenvalue weighted by Crippen LogP contribution is -2.12. The second-order valence-corrected chi connectivity index (χ2v) is 4.16. The summed E-state index contributed by atoms with van der Waals surface area (Å²) in [5, 5.41) is 15.1. The third kappa shape index (κ3) is 2.48. The average molecular weight is 264 g/mol. The molecule has 0 unspecified atom stereocenters. The fourth-order valence-corrected chi connectivity index (χ4v) is 1.80. The molecule has 0 aliphatic heterocycles. The van der Waals surface area contributed by atoms with Gasteiger partial charge in [-0.3, -0.25) is 9.78 Å². The van der Waals surface area contributed by atoms with Crippen molar-refractivity contribution in [1.82, 2.24) is 14.6 Å². The Morgan fingerprint density at radius 2 is 2.17 bits per heavy atom. The maximum atomic E-state index is 11.8. The van der Waals surface area contributed by atoms with Crippen LogP contribution in [-0.4, -0.2) is 31.6 Å². The lowest BCUT2D eigenvalue weighted by molar-refractivity contribution is 0.0696. The molecule has 18 heavy (non-hydrogen) atoms. The maximum Gasteiger partial charge on any atom is 0.337 e. The number of carboxylic acids is 1. The van der Waals surface area contributed by atoms with Crippen molar-refractivity contribution in [3.8, 4) is 0 Å². The Balaban J connectivity index is 2.20. The van der Waals surface area contributed by atoms with Gasteiger partial charge in [0, 0.05) is 6.20 Å². The minimum absolute atomic E-state index is 0.00644. The van der Waals surface area contributed by atoms with Gasteiger partial charge in [0.25, 0.3) is 5.91 Å². The van der Waals surface area contributed by atoms with Gasteiger partial charge in [-0.1, -0.05) is 4.49 Å². The first-order chi connectivity index (χ1) is 8.58. The minimum atomic E-state index is -1.10. The molecule has 0 aliphatic rings. The summed E-state index contributed by atoms with van der Waals surface area (Å²) in [5.74, 6) is -1.49. The minimum Gasteiger partial charge on any atom is -0.478 e. The number of aryl methyl sites for hydroxylation is 1. The first kappa shape index (κ1) is 12.1. The van der Waals surface area contributed by atoms with Crippen LogP contribution in [0.25, 0.3) is 0 Å². The van der Waals surface area contributed by atoms with E-state index in [0.29, 0.717) is 16.3 Å². The molecule has 0 aromatic carbocycles. The van der Waals surface area contributed by atoms with Gasteiger partial charge in [0.05, 0.1) is 23.1 Å². The van der Waals surface area contributed by atoms with Gasteiger partial charge in [-0.25, -0.2) is 4.79 Å². The molecule has 2 N–H and O–H groups in total. The predicted molar refractivity (Wildman–Crippen MR) is 63.8 cm³/mol. The van der Waals surface area contributed by atoms with Gasteiger partial charge in [0.1, 0.15) is 4.88 Å². The summed E-state index contributed by atoms with van der Waals surface area (Å²) >= 11 is 0.978. The Hall–Kier alpha value is -2.35. The van der Waals surface area contributed by atoms with Crippen LogP contribution in [0.2, 0.25) is 0 Å². The topological polar surface area (TPSA) is 105 Å². The van der Waals surface area contributed by atoms with Crippen LogP contribution in [0.15, 0.2) is 18.5 Å². The third-order valence-corrected chi connectivity index (χ3v) is 2.93. The molecule has 0 fully saturated rings. The highest BCUT2D eigenvalue weighted by Crippen LogP contribution is 2.14. The number of nitrogens with one attached hydrogen (secondary N) is 1. The second-order valence-electron chi connectivity index (χ2n) is 3.41. The molecule has 92 valence electrons. The number of hydrogen-bond donors (Lipinski definition) is 2. The SMILES string of the molecule is Cc1nnsc1C(=O)Nc1cncc(C(=O)O)c1. The van der Waals surface area contributed by atoms with Crippen molar-refractivity contribution < 1.29 is 14.7 Å². The van der Waals surface area contributed by atoms with E-state index >= 15 is 0 Å². The number of anilines is 1. The molecule has 2 rings (SSSR count). The molecule has 0 saturated heterocycles. The molecule has 0 aliphatic carbocycles. The van der Waals surface area contributed by atoms with E-state index in [-0.39, 0.29) is 11.5 Å². The van der Waals surface area contributed by atoms with Crippen molar-refractivity contribution in [3.05, 3.63) is 34.6 Å². The van der Waals surface area contributed by atoms with Crippen LogP contribution in [0.1, 0.15) is 25.7 Å². The number of pyridine rings is 1. The summed E-state index contributed by atoms with van der Waals surface area (Å²) in [6.45, 7) is 1.67. The summed E-state index contributed by atoms with van der Waals surface area (Å²) in [6, 6.07) is 1.33. The summed E-state index contributed by atoms with van der Waals surface area (Å²) in [4.78, 5) is 26.7. The normalized spacial score (nSPS) is 10.1. The molecule has 0 spiro atoms. The van der Waals surface area contributed by atoms with Gasteiger partial charge < -0.3 is 10.4 Å². The largest absolute Gasteiger partial charge is 0.478 e. The van der Waals surface area contributed by atoms with E-state index in [2.05, 4.69) is 19.9 Å². The van der Waals surface area contributed by atoms with Crippen LogP contribution in [0.3, 0.4) is 0 Å². The molecule has 2 aromatic heterocycles. The Bertz CT molecular complexity index is 611. The van der Waals surface area contributed by atoms with E-state index in [4.69, 9.17) is 5.11 Å². The number of carboxylic acid groups (broad SMARTS) is 1. The Labute approximate surface area is 106 Å². The van der Waals surface area contributed by atoms with E-state index in [0.717, 1.165) is 11.5 Å². The molecule has 2 heterocycles. The van der Waals surface area contributed by atoms with Crippen LogP contribution in [0.4, 0.5) is 5.69 Å². The number of hydrogen-bond acceptors (Lipinski definition) is 6. The van der Waals surface area contributed by atoms with Crippen LogP contribution < -0.4 is 5.32 Å². The third-order valence-electron chi connectivity index (χ3n) is 2.10. The van der Waals surface area contributed by atoms with Gasteiger partial charge >= 0.3 is 5.97 Å². The number of carbonyl (C=O) groups excluding carboxylic acids is 1. The van der Waals surface area contributed by atoms with E-state index in [1.165, 1.54) is 18.5 Å². The average Bonchev–Trinajstić information content (AvgIpc) is 2.76. The molecule has 0 atom stereocenters. The van der Waals surface area contributed by atoms with Gasteiger partial charge in [0.15, 0.2) is 0 Å². The maximum absolute atomic E-state index is 11.8. The van der Waals surface area contributed by atoms with E-state index in [1.807, 2.05) is 0 Å². The molecule has 1 amide bonds. The smallest absolute Gasteiger partial charge is 0.337 e. The highest BCUT2D eigenvalue weighted by molar-refractivity contribution is 7.08. The molecular formula is C10H8N4O3S. The van der Waals surface area contributed by atoms with Crippen LogP contribution in [-0.2, 0) is 0 Å². The van der Waals surface area contributed by atoms with Gasteiger partial charge in [0.2, 0.25) is 0 Å². The van der Waals surface area contributed by atoms with Gasteiger partial charge in [-0.2, -0.15) is 0 Å². The first-order valence-corrected chi connectivity index (χ1v) is 5.64. The van der Waals surface area contributed by atoms with E-state index in [9.17, 15) is 9.59 Å². The number of nitrogens with zero attached hydrogens (tertiary/aromatic N) is 3. The number of aromatic nitrogens is 3. The van der Waals surface area contributed by atoms with E-state index < -0.39 is 5.97 Å². The molecule has 0 radical (unpaired) electrons.